The van der Waals surface area contributed by atoms with Gasteiger partial charge in [0.2, 0.25) is 15.9 Å². The topological polar surface area (TPSA) is 113 Å². The molecule has 1 saturated heterocycles. The molecule has 0 saturated carbocycles. The van der Waals surface area contributed by atoms with Crippen molar-refractivity contribution < 1.29 is 22.6 Å². The fraction of sp³-hybridized carbons (Fsp3) is 0.381. The van der Waals surface area contributed by atoms with Crippen LogP contribution in [0.4, 0.5) is 5.69 Å². The van der Waals surface area contributed by atoms with Crippen LogP contribution in [0.15, 0.2) is 30.7 Å². The molecule has 0 unspecified atom stereocenters. The van der Waals surface area contributed by atoms with Gasteiger partial charge < -0.3 is 14.2 Å². The van der Waals surface area contributed by atoms with Crippen LogP contribution in [0.25, 0.3) is 22.0 Å². The minimum atomic E-state index is -3.50. The summed E-state index contributed by atoms with van der Waals surface area (Å²) in [6.07, 6.45) is 5.89. The van der Waals surface area contributed by atoms with E-state index >= 15 is 0 Å². The smallest absolute Gasteiger partial charge is 0.238 e. The van der Waals surface area contributed by atoms with Gasteiger partial charge in [-0.3, -0.25) is 4.72 Å². The van der Waals surface area contributed by atoms with Gasteiger partial charge in [0.05, 0.1) is 26.6 Å². The maximum Gasteiger partial charge on any atom is 0.238 e. The number of sulfonamides is 1. The second kappa shape index (κ2) is 8.64. The van der Waals surface area contributed by atoms with Gasteiger partial charge in [0.1, 0.15) is 29.4 Å². The maximum atomic E-state index is 11.8. The minimum Gasteiger partial charge on any atom is -0.488 e. The zero-order chi connectivity index (χ0) is 22.0. The highest BCUT2D eigenvalue weighted by molar-refractivity contribution is 7.92. The second-order valence-corrected chi connectivity index (χ2v) is 9.16. The normalized spacial score (nSPS) is 15.1. The molecule has 1 N–H and O–H groups in total. The van der Waals surface area contributed by atoms with Gasteiger partial charge in [-0.25, -0.2) is 23.4 Å². The minimum absolute atomic E-state index is 0.0407. The molecule has 0 spiro atoms. The van der Waals surface area contributed by atoms with Crippen molar-refractivity contribution in [1.82, 2.24) is 15.0 Å². The zero-order valence-corrected chi connectivity index (χ0v) is 18.4. The summed E-state index contributed by atoms with van der Waals surface area (Å²) in [5.41, 5.74) is 3.32. The summed E-state index contributed by atoms with van der Waals surface area (Å²) >= 11 is 0. The largest absolute Gasteiger partial charge is 0.488 e. The Kier molecular flexibility index (Phi) is 5.92. The molecule has 4 rings (SSSR count). The third kappa shape index (κ3) is 4.86. The molecule has 2 aromatic heterocycles. The molecule has 3 heterocycles. The predicted octanol–water partition coefficient (Wildman–Crippen LogP) is 2.94. The van der Waals surface area contributed by atoms with Gasteiger partial charge in [-0.1, -0.05) is 0 Å². The Hall–Kier alpha value is -2.98. The lowest BCUT2D eigenvalue weighted by Gasteiger charge is -2.24. The molecule has 9 nitrogen and oxygen atoms in total. The molecule has 3 aromatic rings. The van der Waals surface area contributed by atoms with Crippen molar-refractivity contribution in [1.29, 1.82) is 0 Å². The molecule has 0 radical (unpaired) electrons. The Morgan fingerprint density at radius 1 is 1.10 bits per heavy atom. The summed E-state index contributed by atoms with van der Waals surface area (Å²) in [6.45, 7) is 3.24. The lowest BCUT2D eigenvalue weighted by atomic mass is 10.0. The van der Waals surface area contributed by atoms with E-state index in [0.717, 1.165) is 41.3 Å². The van der Waals surface area contributed by atoms with Gasteiger partial charge in [-0.05, 0) is 30.7 Å². The van der Waals surface area contributed by atoms with E-state index < -0.39 is 10.0 Å². The number of nitrogens with one attached hydrogen (secondary N) is 1. The highest BCUT2D eigenvalue weighted by atomic mass is 32.2. The van der Waals surface area contributed by atoms with E-state index in [1.807, 2.05) is 19.1 Å². The van der Waals surface area contributed by atoms with Crippen LogP contribution in [-0.2, 0) is 14.8 Å². The molecule has 164 valence electrons. The average Bonchev–Trinajstić information content (AvgIpc) is 2.74. The maximum absolute atomic E-state index is 11.8. The van der Waals surface area contributed by atoms with Gasteiger partial charge in [0, 0.05) is 35.7 Å². The van der Waals surface area contributed by atoms with Crippen LogP contribution < -0.4 is 14.2 Å². The number of fused-ring (bicyclic) bond motifs is 1. The number of aryl methyl sites for hydroxylation is 1. The summed E-state index contributed by atoms with van der Waals surface area (Å²) in [7, 11) is -2.07. The van der Waals surface area contributed by atoms with Gasteiger partial charge in [-0.15, -0.1) is 0 Å². The number of pyridine rings is 1. The van der Waals surface area contributed by atoms with Gasteiger partial charge in [0.15, 0.2) is 0 Å². The Morgan fingerprint density at radius 3 is 2.58 bits per heavy atom. The Labute approximate surface area is 180 Å². The first-order valence-corrected chi connectivity index (χ1v) is 11.7. The predicted molar refractivity (Wildman–Crippen MR) is 117 cm³/mol. The number of nitrogens with zero attached hydrogens (tertiary/aromatic N) is 3. The highest BCUT2D eigenvalue weighted by Crippen LogP contribution is 2.36. The number of rotatable bonds is 6. The molecule has 1 aliphatic rings. The van der Waals surface area contributed by atoms with E-state index in [4.69, 9.17) is 14.2 Å². The second-order valence-electron chi connectivity index (χ2n) is 7.41. The SMILES string of the molecule is COc1ncc(-c2cc(OC3CCOCC3)c3ncnc(C)c3c2)cc1NS(C)(=O)=O. The van der Waals surface area contributed by atoms with E-state index in [2.05, 4.69) is 19.7 Å². The quantitative estimate of drug-likeness (QED) is 0.618. The molecular formula is C21H24N4O5S. The summed E-state index contributed by atoms with van der Waals surface area (Å²) in [5, 5.41) is 0.857. The molecule has 0 amide bonds. The Bertz CT molecular complexity index is 1210. The first-order chi connectivity index (χ1) is 14.8. The van der Waals surface area contributed by atoms with Crippen LogP contribution in [0, 0.1) is 6.92 Å². The lowest BCUT2D eigenvalue weighted by molar-refractivity contribution is 0.0261. The van der Waals surface area contributed by atoms with Crippen molar-refractivity contribution in [3.8, 4) is 22.8 Å². The third-order valence-corrected chi connectivity index (χ3v) is 5.63. The Balaban J connectivity index is 1.82. The van der Waals surface area contributed by atoms with Crippen molar-refractivity contribution in [3.05, 3.63) is 36.4 Å². The fourth-order valence-electron chi connectivity index (χ4n) is 3.54. The summed E-state index contributed by atoms with van der Waals surface area (Å²) in [4.78, 5) is 13.0. The van der Waals surface area contributed by atoms with Gasteiger partial charge >= 0.3 is 0 Å². The van der Waals surface area contributed by atoms with Crippen molar-refractivity contribution in [2.45, 2.75) is 25.9 Å². The zero-order valence-electron chi connectivity index (χ0n) is 17.6. The molecule has 1 fully saturated rings. The van der Waals surface area contributed by atoms with Crippen LogP contribution in [0.2, 0.25) is 0 Å². The van der Waals surface area contributed by atoms with Gasteiger partial charge in [0.25, 0.3) is 0 Å². The van der Waals surface area contributed by atoms with Crippen molar-refractivity contribution >= 4 is 26.6 Å². The first-order valence-electron chi connectivity index (χ1n) is 9.86. The van der Waals surface area contributed by atoms with Crippen LogP contribution in [0.1, 0.15) is 18.5 Å². The van der Waals surface area contributed by atoms with Crippen LogP contribution in [-0.4, -0.2) is 56.1 Å². The van der Waals surface area contributed by atoms with Crippen molar-refractivity contribution in [3.63, 3.8) is 0 Å². The summed E-state index contributed by atoms with van der Waals surface area (Å²) in [5.74, 6) is 0.839. The summed E-state index contributed by atoms with van der Waals surface area (Å²) in [6, 6.07) is 5.54. The van der Waals surface area contributed by atoms with Crippen molar-refractivity contribution in [2.24, 2.45) is 0 Å². The molecular weight excluding hydrogens is 420 g/mol. The van der Waals surface area contributed by atoms with E-state index in [-0.39, 0.29) is 17.7 Å². The first kappa shape index (κ1) is 21.3. The molecule has 0 atom stereocenters. The lowest BCUT2D eigenvalue weighted by Crippen LogP contribution is -2.26. The highest BCUT2D eigenvalue weighted by Gasteiger charge is 2.19. The molecule has 0 bridgehead atoms. The number of anilines is 1. The average molecular weight is 445 g/mol. The number of ether oxygens (including phenoxy) is 3. The van der Waals surface area contributed by atoms with E-state index in [0.29, 0.717) is 24.5 Å². The molecule has 1 aliphatic heterocycles. The number of hydrogen-bond donors (Lipinski definition) is 1. The number of aromatic nitrogens is 3. The van der Waals surface area contributed by atoms with E-state index in [1.54, 1.807) is 12.3 Å². The fourth-order valence-corrected chi connectivity index (χ4v) is 4.08. The van der Waals surface area contributed by atoms with Crippen LogP contribution >= 0.6 is 0 Å². The molecule has 31 heavy (non-hydrogen) atoms. The Morgan fingerprint density at radius 2 is 1.87 bits per heavy atom. The van der Waals surface area contributed by atoms with Crippen LogP contribution in [0.3, 0.4) is 0 Å². The van der Waals surface area contributed by atoms with Crippen molar-refractivity contribution in [2.75, 3.05) is 31.3 Å². The summed E-state index contributed by atoms with van der Waals surface area (Å²) < 4.78 is 42.9. The number of hydrogen-bond acceptors (Lipinski definition) is 8. The van der Waals surface area contributed by atoms with Crippen LogP contribution in [0.5, 0.6) is 11.6 Å². The van der Waals surface area contributed by atoms with Gasteiger partial charge in [-0.2, -0.15) is 0 Å². The molecule has 10 heteroatoms. The standard InChI is InChI=1S/C21H24N4O5S/c1-13-17-8-14(15-9-18(25-31(3,26)27)21(28-2)22-11-15)10-19(20(17)24-12-23-13)30-16-4-6-29-7-5-16/h8-12,16,25H,4-7H2,1-3H3. The van der Waals surface area contributed by atoms with E-state index in [9.17, 15) is 8.42 Å². The third-order valence-electron chi connectivity index (χ3n) is 5.04. The molecule has 1 aromatic carbocycles. The monoisotopic (exact) mass is 444 g/mol. The number of methoxy groups -OCH3 is 1. The number of benzene rings is 1. The molecule has 0 aliphatic carbocycles. The van der Waals surface area contributed by atoms with E-state index in [1.165, 1.54) is 13.4 Å².